The third-order valence-corrected chi connectivity index (χ3v) is 8.72. The number of aliphatic hydroxyl groups is 1. The van der Waals surface area contributed by atoms with Gasteiger partial charge in [-0.3, -0.25) is 28.9 Å². The molecule has 1 saturated heterocycles. The standard InChI is InChI=1S/C35H32N6O3/c1-22(42)34(43)40-16-13-24(14-17-40)23-5-9-28(10-6-23)41-33-29-18-25(7-12-31(29)38-21-32(33)39(2)35(41)44)26-8-11-30(37-20-26)27-4-3-15-36-19-27/h3-12,15,18-22,24,42H,13-14,16-17H2,1-2H3/t22-/m0/s1. The molecule has 1 fully saturated rings. The van der Waals surface area contributed by atoms with Crippen LogP contribution in [0.25, 0.3) is 50.0 Å². The van der Waals surface area contributed by atoms with Gasteiger partial charge >= 0.3 is 5.69 Å². The highest BCUT2D eigenvalue weighted by Gasteiger charge is 2.26. The van der Waals surface area contributed by atoms with Crippen LogP contribution in [0.3, 0.4) is 0 Å². The number of piperidine rings is 1. The molecule has 1 aliphatic heterocycles. The zero-order valence-corrected chi connectivity index (χ0v) is 24.6. The van der Waals surface area contributed by atoms with E-state index < -0.39 is 6.10 Å². The molecule has 0 aliphatic carbocycles. The first-order valence-electron chi connectivity index (χ1n) is 14.8. The minimum absolute atomic E-state index is 0.139. The summed E-state index contributed by atoms with van der Waals surface area (Å²) in [4.78, 5) is 41.1. The van der Waals surface area contributed by atoms with Crippen molar-refractivity contribution in [3.63, 3.8) is 0 Å². The number of aromatic nitrogens is 5. The van der Waals surface area contributed by atoms with E-state index in [0.717, 1.165) is 62.8 Å². The van der Waals surface area contributed by atoms with Crippen LogP contribution in [0.5, 0.6) is 0 Å². The van der Waals surface area contributed by atoms with E-state index in [0.29, 0.717) is 19.0 Å². The zero-order valence-electron chi connectivity index (χ0n) is 24.6. The molecule has 5 heterocycles. The molecule has 0 bridgehead atoms. The summed E-state index contributed by atoms with van der Waals surface area (Å²) in [7, 11) is 1.77. The maximum atomic E-state index is 13.6. The minimum atomic E-state index is -0.971. The smallest absolute Gasteiger partial charge is 0.333 e. The van der Waals surface area contributed by atoms with Gasteiger partial charge in [0.1, 0.15) is 6.10 Å². The lowest BCUT2D eigenvalue weighted by Crippen LogP contribution is -2.42. The van der Waals surface area contributed by atoms with Gasteiger partial charge in [0.2, 0.25) is 0 Å². The Morgan fingerprint density at radius 2 is 1.68 bits per heavy atom. The fourth-order valence-electron chi connectivity index (χ4n) is 6.26. The molecule has 2 aromatic carbocycles. The molecule has 1 amide bonds. The Morgan fingerprint density at radius 3 is 2.36 bits per heavy atom. The summed E-state index contributed by atoms with van der Waals surface area (Å²) in [5.41, 5.74) is 7.95. The maximum Gasteiger partial charge on any atom is 0.333 e. The van der Waals surface area contributed by atoms with E-state index in [2.05, 4.69) is 33.2 Å². The van der Waals surface area contributed by atoms with Crippen LogP contribution in [-0.4, -0.2) is 59.2 Å². The number of fused-ring (bicyclic) bond motifs is 3. The number of carbonyl (C=O) groups excluding carboxylic acids is 1. The number of aliphatic hydroxyl groups excluding tert-OH is 1. The number of aryl methyl sites for hydroxylation is 1. The van der Waals surface area contributed by atoms with Crippen molar-refractivity contribution in [3.8, 4) is 28.1 Å². The van der Waals surface area contributed by atoms with Gasteiger partial charge < -0.3 is 10.0 Å². The Balaban J connectivity index is 1.24. The van der Waals surface area contributed by atoms with Crippen molar-refractivity contribution in [1.82, 2.24) is 29.0 Å². The van der Waals surface area contributed by atoms with Crippen LogP contribution in [-0.2, 0) is 11.8 Å². The molecule has 6 aromatic rings. The first kappa shape index (κ1) is 27.7. The van der Waals surface area contributed by atoms with Gasteiger partial charge in [0.15, 0.2) is 0 Å². The number of hydrogen-bond acceptors (Lipinski definition) is 6. The summed E-state index contributed by atoms with van der Waals surface area (Å²) >= 11 is 0. The Morgan fingerprint density at radius 1 is 0.909 bits per heavy atom. The molecule has 0 saturated carbocycles. The molecule has 7 rings (SSSR count). The van der Waals surface area contributed by atoms with E-state index in [1.807, 2.05) is 54.7 Å². The van der Waals surface area contributed by atoms with Crippen LogP contribution in [0.4, 0.5) is 0 Å². The number of likely N-dealkylation sites (tertiary alicyclic amines) is 1. The third-order valence-electron chi connectivity index (χ3n) is 8.72. The lowest BCUT2D eigenvalue weighted by atomic mass is 9.89. The summed E-state index contributed by atoms with van der Waals surface area (Å²) in [6, 6.07) is 22.2. The monoisotopic (exact) mass is 584 g/mol. The van der Waals surface area contributed by atoms with E-state index >= 15 is 0 Å². The second kappa shape index (κ2) is 11.2. The van der Waals surface area contributed by atoms with Gasteiger partial charge in [-0.05, 0) is 79.3 Å². The van der Waals surface area contributed by atoms with Gasteiger partial charge in [-0.25, -0.2) is 4.79 Å². The largest absolute Gasteiger partial charge is 0.384 e. The highest BCUT2D eigenvalue weighted by molar-refractivity contribution is 6.04. The van der Waals surface area contributed by atoms with Gasteiger partial charge in [-0.1, -0.05) is 24.3 Å². The van der Waals surface area contributed by atoms with E-state index in [1.165, 1.54) is 12.5 Å². The van der Waals surface area contributed by atoms with Gasteiger partial charge in [-0.2, -0.15) is 0 Å². The number of imidazole rings is 1. The Kier molecular flexibility index (Phi) is 7.02. The van der Waals surface area contributed by atoms with Crippen LogP contribution in [0.15, 0.2) is 96.3 Å². The Labute approximate surface area is 254 Å². The molecular weight excluding hydrogens is 552 g/mol. The molecule has 0 unspecified atom stereocenters. The fraction of sp³-hybridized carbons (Fsp3) is 0.229. The highest BCUT2D eigenvalue weighted by Crippen LogP contribution is 2.32. The Bertz CT molecular complexity index is 2040. The molecule has 1 atom stereocenters. The topological polar surface area (TPSA) is 106 Å². The van der Waals surface area contributed by atoms with Gasteiger partial charge in [0, 0.05) is 55.2 Å². The average Bonchev–Trinajstić information content (AvgIpc) is 3.34. The van der Waals surface area contributed by atoms with Crippen molar-refractivity contribution < 1.29 is 9.90 Å². The molecule has 0 spiro atoms. The first-order valence-corrected chi connectivity index (χ1v) is 14.8. The van der Waals surface area contributed by atoms with Crippen LogP contribution in [0.1, 0.15) is 31.2 Å². The van der Waals surface area contributed by atoms with E-state index in [1.54, 1.807) is 39.7 Å². The van der Waals surface area contributed by atoms with Crippen molar-refractivity contribution in [2.24, 2.45) is 7.05 Å². The van der Waals surface area contributed by atoms with Crippen molar-refractivity contribution in [2.45, 2.75) is 31.8 Å². The lowest BCUT2D eigenvalue weighted by Gasteiger charge is -2.33. The second-order valence-corrected chi connectivity index (χ2v) is 11.4. The highest BCUT2D eigenvalue weighted by atomic mass is 16.3. The number of hydrogen-bond donors (Lipinski definition) is 1. The predicted molar refractivity (Wildman–Crippen MR) is 171 cm³/mol. The number of benzene rings is 2. The van der Waals surface area contributed by atoms with Gasteiger partial charge in [0.25, 0.3) is 5.91 Å². The van der Waals surface area contributed by atoms with Crippen LogP contribution in [0, 0.1) is 0 Å². The summed E-state index contributed by atoms with van der Waals surface area (Å²) in [5.74, 6) is 0.106. The van der Waals surface area contributed by atoms with Gasteiger partial charge in [-0.15, -0.1) is 0 Å². The summed E-state index contributed by atoms with van der Waals surface area (Å²) in [6.45, 7) is 2.77. The Hall–Kier alpha value is -5.15. The molecular formula is C35H32N6O3. The average molecular weight is 585 g/mol. The fourth-order valence-corrected chi connectivity index (χ4v) is 6.26. The maximum absolute atomic E-state index is 13.6. The number of amides is 1. The van der Waals surface area contributed by atoms with Crippen LogP contribution >= 0.6 is 0 Å². The summed E-state index contributed by atoms with van der Waals surface area (Å²) in [5, 5.41) is 10.5. The number of nitrogens with zero attached hydrogens (tertiary/aromatic N) is 6. The lowest BCUT2D eigenvalue weighted by molar-refractivity contribution is -0.140. The molecule has 1 N–H and O–H groups in total. The van der Waals surface area contributed by atoms with Crippen LogP contribution < -0.4 is 5.69 Å². The van der Waals surface area contributed by atoms with Crippen LogP contribution in [0.2, 0.25) is 0 Å². The van der Waals surface area contributed by atoms with Crippen molar-refractivity contribution in [1.29, 1.82) is 0 Å². The second-order valence-electron chi connectivity index (χ2n) is 11.4. The minimum Gasteiger partial charge on any atom is -0.384 e. The normalized spacial score (nSPS) is 14.8. The molecule has 44 heavy (non-hydrogen) atoms. The zero-order chi connectivity index (χ0) is 30.4. The van der Waals surface area contributed by atoms with Crippen molar-refractivity contribution >= 4 is 27.8 Å². The predicted octanol–water partition coefficient (Wildman–Crippen LogP) is 5.09. The van der Waals surface area contributed by atoms with Gasteiger partial charge in [0.05, 0.1) is 34.1 Å². The molecule has 1 aliphatic rings. The SMILES string of the molecule is C[C@H](O)C(=O)N1CCC(c2ccc(-n3c(=O)n(C)c4cnc5ccc(-c6ccc(-c7cccnc7)nc6)cc5c43)cc2)CC1. The molecule has 0 radical (unpaired) electrons. The quantitative estimate of drug-likeness (QED) is 0.303. The van der Waals surface area contributed by atoms with Crippen molar-refractivity contribution in [2.75, 3.05) is 13.1 Å². The molecule has 220 valence electrons. The number of rotatable bonds is 5. The van der Waals surface area contributed by atoms with E-state index in [9.17, 15) is 14.7 Å². The van der Waals surface area contributed by atoms with E-state index in [-0.39, 0.29) is 11.6 Å². The molecule has 9 heteroatoms. The molecule has 9 nitrogen and oxygen atoms in total. The number of carbonyl (C=O) groups is 1. The number of pyridine rings is 3. The molecule has 4 aromatic heterocycles. The third kappa shape index (κ3) is 4.85. The first-order chi connectivity index (χ1) is 21.4. The summed E-state index contributed by atoms with van der Waals surface area (Å²) in [6.07, 6.45) is 7.86. The van der Waals surface area contributed by atoms with E-state index in [4.69, 9.17) is 0 Å². The summed E-state index contributed by atoms with van der Waals surface area (Å²) < 4.78 is 3.40. The van der Waals surface area contributed by atoms with Crippen molar-refractivity contribution in [3.05, 3.63) is 108 Å².